The van der Waals surface area contributed by atoms with Gasteiger partial charge in [0, 0.05) is 31.6 Å². The minimum Gasteiger partial charge on any atom is -0.465 e. The fourth-order valence-corrected chi connectivity index (χ4v) is 4.34. The number of sulfone groups is 1. The standard InChI is InChI=1S/C21H32N2O6S/c1-14(2)17-13-22(10-11-23(17)20(25)29-21(3,4)5)15-8-9-16(19(24)28-6)18(12-15)30(7,26)27/h8-9,12,14,17H,10-11,13H2,1-7H3. The van der Waals surface area contributed by atoms with Crippen molar-refractivity contribution in [3.8, 4) is 0 Å². The Balaban J connectivity index is 2.34. The van der Waals surface area contributed by atoms with Gasteiger partial charge in [0.25, 0.3) is 0 Å². The van der Waals surface area contributed by atoms with Gasteiger partial charge in [0.1, 0.15) is 5.60 Å². The number of benzene rings is 1. The summed E-state index contributed by atoms with van der Waals surface area (Å²) in [6.45, 7) is 11.1. The van der Waals surface area contributed by atoms with Gasteiger partial charge in [0.05, 0.1) is 23.6 Å². The summed E-state index contributed by atoms with van der Waals surface area (Å²) in [5.41, 5.74) is 0.109. The summed E-state index contributed by atoms with van der Waals surface area (Å²) in [6, 6.07) is 4.58. The molecule has 9 heteroatoms. The number of esters is 1. The first-order valence-electron chi connectivity index (χ1n) is 9.91. The molecule has 0 aromatic heterocycles. The summed E-state index contributed by atoms with van der Waals surface area (Å²) in [4.78, 5) is 28.4. The van der Waals surface area contributed by atoms with Crippen LogP contribution in [0.25, 0.3) is 0 Å². The topological polar surface area (TPSA) is 93.2 Å². The Kier molecular flexibility index (Phi) is 7.06. The molecule has 0 bridgehead atoms. The van der Waals surface area contributed by atoms with E-state index in [1.54, 1.807) is 11.0 Å². The van der Waals surface area contributed by atoms with Gasteiger partial charge < -0.3 is 19.3 Å². The fourth-order valence-electron chi connectivity index (χ4n) is 3.46. The van der Waals surface area contributed by atoms with Crippen LogP contribution in [0.2, 0.25) is 0 Å². The first-order chi connectivity index (χ1) is 13.7. The van der Waals surface area contributed by atoms with E-state index in [0.29, 0.717) is 25.3 Å². The minimum atomic E-state index is -3.64. The third-order valence-corrected chi connectivity index (χ3v) is 6.09. The average molecular weight is 441 g/mol. The number of anilines is 1. The Labute approximate surface area is 179 Å². The lowest BCUT2D eigenvalue weighted by Crippen LogP contribution is -2.58. The van der Waals surface area contributed by atoms with E-state index in [2.05, 4.69) is 0 Å². The first-order valence-corrected chi connectivity index (χ1v) is 11.8. The van der Waals surface area contributed by atoms with Crippen LogP contribution in [0.15, 0.2) is 23.1 Å². The molecule has 0 aliphatic carbocycles. The molecule has 1 heterocycles. The molecule has 168 valence electrons. The quantitative estimate of drug-likeness (QED) is 0.665. The Bertz CT molecular complexity index is 905. The Hall–Kier alpha value is -2.29. The van der Waals surface area contributed by atoms with Crippen molar-refractivity contribution in [2.24, 2.45) is 5.92 Å². The van der Waals surface area contributed by atoms with E-state index in [9.17, 15) is 18.0 Å². The van der Waals surface area contributed by atoms with Gasteiger partial charge in [0.15, 0.2) is 9.84 Å². The monoisotopic (exact) mass is 440 g/mol. The molecular formula is C21H32N2O6S. The van der Waals surface area contributed by atoms with E-state index < -0.39 is 21.4 Å². The molecule has 1 fully saturated rings. The maximum Gasteiger partial charge on any atom is 0.410 e. The molecular weight excluding hydrogens is 408 g/mol. The number of piperazine rings is 1. The van der Waals surface area contributed by atoms with Crippen molar-refractivity contribution in [2.45, 2.75) is 51.2 Å². The molecule has 1 aromatic carbocycles. The van der Waals surface area contributed by atoms with E-state index in [0.717, 1.165) is 6.26 Å². The average Bonchev–Trinajstić information content (AvgIpc) is 2.64. The van der Waals surface area contributed by atoms with E-state index in [4.69, 9.17) is 9.47 Å². The van der Waals surface area contributed by atoms with E-state index in [1.165, 1.54) is 19.2 Å². The van der Waals surface area contributed by atoms with Gasteiger partial charge in [-0.3, -0.25) is 0 Å². The highest BCUT2D eigenvalue weighted by molar-refractivity contribution is 7.90. The second-order valence-electron chi connectivity index (χ2n) is 8.88. The number of rotatable bonds is 4. The molecule has 1 saturated heterocycles. The van der Waals surface area contributed by atoms with E-state index >= 15 is 0 Å². The molecule has 1 aliphatic heterocycles. The van der Waals surface area contributed by atoms with Crippen molar-refractivity contribution in [1.82, 2.24) is 4.90 Å². The van der Waals surface area contributed by atoms with Crippen LogP contribution in [0.3, 0.4) is 0 Å². The second-order valence-corrected chi connectivity index (χ2v) is 10.9. The molecule has 2 rings (SSSR count). The largest absolute Gasteiger partial charge is 0.465 e. The highest BCUT2D eigenvalue weighted by Gasteiger charge is 2.35. The molecule has 1 amide bonds. The zero-order valence-corrected chi connectivity index (χ0v) is 19.6. The molecule has 1 atom stereocenters. The number of nitrogens with zero attached hydrogens (tertiary/aromatic N) is 2. The molecule has 8 nitrogen and oxygen atoms in total. The van der Waals surface area contributed by atoms with Crippen LogP contribution in [0.1, 0.15) is 45.0 Å². The minimum absolute atomic E-state index is 0.0107. The van der Waals surface area contributed by atoms with Gasteiger partial charge >= 0.3 is 12.1 Å². The Morgan fingerprint density at radius 2 is 1.80 bits per heavy atom. The summed E-state index contributed by atoms with van der Waals surface area (Å²) in [5, 5.41) is 0. The normalized spacial score (nSPS) is 17.8. The molecule has 0 N–H and O–H groups in total. The number of ether oxygens (including phenoxy) is 2. The number of hydrogen-bond acceptors (Lipinski definition) is 7. The highest BCUT2D eigenvalue weighted by atomic mass is 32.2. The van der Waals surface area contributed by atoms with Crippen molar-refractivity contribution in [3.63, 3.8) is 0 Å². The van der Waals surface area contributed by atoms with Crippen LogP contribution in [0.4, 0.5) is 10.5 Å². The molecule has 30 heavy (non-hydrogen) atoms. The molecule has 0 spiro atoms. The second kappa shape index (κ2) is 8.83. The lowest BCUT2D eigenvalue weighted by Gasteiger charge is -2.44. The summed E-state index contributed by atoms with van der Waals surface area (Å²) < 4.78 is 34.8. The van der Waals surface area contributed by atoms with Crippen molar-refractivity contribution in [3.05, 3.63) is 23.8 Å². The van der Waals surface area contributed by atoms with Gasteiger partial charge in [0.2, 0.25) is 0 Å². The zero-order chi connectivity index (χ0) is 22.9. The van der Waals surface area contributed by atoms with Gasteiger partial charge in [-0.1, -0.05) is 13.8 Å². The highest BCUT2D eigenvalue weighted by Crippen LogP contribution is 2.28. The summed E-state index contributed by atoms with van der Waals surface area (Å²) in [6.07, 6.45) is 0.717. The molecule has 1 aromatic rings. The summed E-state index contributed by atoms with van der Waals surface area (Å²) >= 11 is 0. The van der Waals surface area contributed by atoms with Crippen molar-refractivity contribution < 1.29 is 27.5 Å². The zero-order valence-electron chi connectivity index (χ0n) is 18.8. The molecule has 0 radical (unpaired) electrons. The van der Waals surface area contributed by atoms with Gasteiger partial charge in [-0.2, -0.15) is 0 Å². The number of carbonyl (C=O) groups excluding carboxylic acids is 2. The van der Waals surface area contributed by atoms with E-state index in [1.807, 2.05) is 39.5 Å². The van der Waals surface area contributed by atoms with Gasteiger partial charge in [-0.15, -0.1) is 0 Å². The van der Waals surface area contributed by atoms with Crippen LogP contribution in [0.5, 0.6) is 0 Å². The van der Waals surface area contributed by atoms with Crippen LogP contribution in [-0.4, -0.2) is 70.0 Å². The lowest BCUT2D eigenvalue weighted by molar-refractivity contribution is 0.00881. The SMILES string of the molecule is COC(=O)c1ccc(N2CCN(C(=O)OC(C)(C)C)C(C(C)C)C2)cc1S(C)(=O)=O. The van der Waals surface area contributed by atoms with Gasteiger partial charge in [-0.05, 0) is 44.9 Å². The van der Waals surface area contributed by atoms with Crippen LogP contribution < -0.4 is 4.90 Å². The third kappa shape index (κ3) is 5.65. The maximum absolute atomic E-state index is 12.7. The maximum atomic E-state index is 12.7. The summed E-state index contributed by atoms with van der Waals surface area (Å²) in [5.74, 6) is -0.527. The van der Waals surface area contributed by atoms with Crippen LogP contribution in [0, 0.1) is 5.92 Å². The molecule has 1 aliphatic rings. The lowest BCUT2D eigenvalue weighted by atomic mass is 9.99. The van der Waals surface area contributed by atoms with Crippen LogP contribution in [-0.2, 0) is 19.3 Å². The summed E-state index contributed by atoms with van der Waals surface area (Å²) in [7, 11) is -2.42. The van der Waals surface area contributed by atoms with Crippen molar-refractivity contribution in [2.75, 3.05) is 37.9 Å². The number of methoxy groups -OCH3 is 1. The predicted molar refractivity (Wildman–Crippen MR) is 115 cm³/mol. The third-order valence-electron chi connectivity index (χ3n) is 4.95. The van der Waals surface area contributed by atoms with Gasteiger partial charge in [-0.25, -0.2) is 18.0 Å². The first kappa shape index (κ1) is 24.0. The van der Waals surface area contributed by atoms with E-state index in [-0.39, 0.29) is 28.5 Å². The molecule has 1 unspecified atom stereocenters. The Morgan fingerprint density at radius 1 is 1.17 bits per heavy atom. The number of hydrogen-bond donors (Lipinski definition) is 0. The predicted octanol–water partition coefficient (Wildman–Crippen LogP) is 2.96. The Morgan fingerprint density at radius 3 is 2.30 bits per heavy atom. The van der Waals surface area contributed by atoms with Crippen molar-refractivity contribution >= 4 is 27.6 Å². The number of amides is 1. The molecule has 0 saturated carbocycles. The van der Waals surface area contributed by atoms with Crippen LogP contribution >= 0.6 is 0 Å². The number of carbonyl (C=O) groups is 2. The fraction of sp³-hybridized carbons (Fsp3) is 0.619. The van der Waals surface area contributed by atoms with Crippen molar-refractivity contribution in [1.29, 1.82) is 0 Å². The smallest absolute Gasteiger partial charge is 0.410 e.